The Balaban J connectivity index is 1.96. The number of hydrogen-bond acceptors (Lipinski definition) is 3. The van der Waals surface area contributed by atoms with Gasteiger partial charge >= 0.3 is 0 Å². The van der Waals surface area contributed by atoms with Crippen molar-refractivity contribution in [3.63, 3.8) is 0 Å². The highest BCUT2D eigenvalue weighted by Gasteiger charge is 2.50. The molecule has 1 aromatic heterocycles. The molecular weight excluding hydrogens is 204 g/mol. The van der Waals surface area contributed by atoms with Gasteiger partial charge in [-0.2, -0.15) is 10.4 Å². The highest BCUT2D eigenvalue weighted by molar-refractivity contribution is 5.88. The van der Waals surface area contributed by atoms with Crippen molar-refractivity contribution in [2.75, 3.05) is 0 Å². The number of nitrogens with zero attached hydrogens (tertiary/aromatic N) is 3. The quantitative estimate of drug-likeness (QED) is 0.809. The van der Waals surface area contributed by atoms with Crippen LogP contribution in [0.2, 0.25) is 0 Å². The van der Waals surface area contributed by atoms with Gasteiger partial charge in [-0.25, -0.2) is 0 Å². The van der Waals surface area contributed by atoms with E-state index in [-0.39, 0.29) is 5.91 Å². The maximum atomic E-state index is 11.7. The monoisotopic (exact) mass is 218 g/mol. The molecule has 1 fully saturated rings. The Labute approximate surface area is 94.1 Å². The molecule has 0 saturated heterocycles. The summed E-state index contributed by atoms with van der Waals surface area (Å²) >= 11 is 0. The number of amides is 1. The standard InChI is InChI=1S/C11H14N4O/c1-8-9(6-14-15(8)2)5-13-10(16)11(7-12)3-4-11/h6H,3-5H2,1-2H3,(H,13,16). The summed E-state index contributed by atoms with van der Waals surface area (Å²) in [5.41, 5.74) is 1.28. The van der Waals surface area contributed by atoms with E-state index in [4.69, 9.17) is 5.26 Å². The molecule has 0 aliphatic heterocycles. The Morgan fingerprint density at radius 1 is 1.75 bits per heavy atom. The predicted octanol–water partition coefficient (Wildman–Crippen LogP) is 0.648. The molecule has 1 aliphatic carbocycles. The van der Waals surface area contributed by atoms with E-state index >= 15 is 0 Å². The highest BCUT2D eigenvalue weighted by Crippen LogP contribution is 2.44. The van der Waals surface area contributed by atoms with Gasteiger partial charge in [-0.15, -0.1) is 0 Å². The van der Waals surface area contributed by atoms with Gasteiger partial charge in [0.15, 0.2) is 0 Å². The van der Waals surface area contributed by atoms with Crippen molar-refractivity contribution < 1.29 is 4.79 Å². The Morgan fingerprint density at radius 3 is 2.88 bits per heavy atom. The lowest BCUT2D eigenvalue weighted by atomic mass is 10.1. The second-order valence-corrected chi connectivity index (χ2v) is 4.26. The van der Waals surface area contributed by atoms with Crippen LogP contribution in [-0.4, -0.2) is 15.7 Å². The van der Waals surface area contributed by atoms with Crippen molar-refractivity contribution in [2.45, 2.75) is 26.3 Å². The molecule has 0 unspecified atom stereocenters. The number of aryl methyl sites for hydroxylation is 1. The fraction of sp³-hybridized carbons (Fsp3) is 0.545. The van der Waals surface area contributed by atoms with Gasteiger partial charge in [-0.05, 0) is 19.8 Å². The van der Waals surface area contributed by atoms with E-state index in [1.54, 1.807) is 10.9 Å². The zero-order chi connectivity index (χ0) is 11.8. The third-order valence-corrected chi connectivity index (χ3v) is 3.17. The topological polar surface area (TPSA) is 70.7 Å². The molecule has 1 amide bonds. The minimum absolute atomic E-state index is 0.154. The third-order valence-electron chi connectivity index (χ3n) is 3.17. The molecule has 1 saturated carbocycles. The van der Waals surface area contributed by atoms with Crippen LogP contribution in [-0.2, 0) is 18.4 Å². The summed E-state index contributed by atoms with van der Waals surface area (Å²) in [4.78, 5) is 11.7. The van der Waals surface area contributed by atoms with Gasteiger partial charge in [0.1, 0.15) is 5.41 Å². The van der Waals surface area contributed by atoms with Gasteiger partial charge in [0.2, 0.25) is 5.91 Å². The maximum absolute atomic E-state index is 11.7. The molecule has 1 aromatic rings. The second-order valence-electron chi connectivity index (χ2n) is 4.26. The Morgan fingerprint density at radius 2 is 2.44 bits per heavy atom. The first-order valence-electron chi connectivity index (χ1n) is 5.26. The molecule has 5 heteroatoms. The molecule has 0 spiro atoms. The van der Waals surface area contributed by atoms with Gasteiger partial charge in [-0.3, -0.25) is 9.48 Å². The number of hydrogen-bond donors (Lipinski definition) is 1. The SMILES string of the molecule is Cc1c(CNC(=O)C2(C#N)CC2)cnn1C. The number of rotatable bonds is 3. The minimum atomic E-state index is -0.740. The summed E-state index contributed by atoms with van der Waals surface area (Å²) < 4.78 is 1.76. The molecule has 16 heavy (non-hydrogen) atoms. The molecule has 84 valence electrons. The van der Waals surface area contributed by atoms with Gasteiger partial charge in [-0.1, -0.05) is 0 Å². The third kappa shape index (κ3) is 1.67. The van der Waals surface area contributed by atoms with Gasteiger partial charge in [0, 0.05) is 24.8 Å². The number of aromatic nitrogens is 2. The maximum Gasteiger partial charge on any atom is 0.240 e. The van der Waals surface area contributed by atoms with Crippen LogP contribution in [0, 0.1) is 23.7 Å². The van der Waals surface area contributed by atoms with Gasteiger partial charge in [0.05, 0.1) is 12.3 Å². The lowest BCUT2D eigenvalue weighted by Gasteiger charge is -2.07. The summed E-state index contributed by atoms with van der Waals surface area (Å²) in [6, 6.07) is 2.08. The van der Waals surface area contributed by atoms with Crippen molar-refractivity contribution >= 4 is 5.91 Å². The molecule has 5 nitrogen and oxygen atoms in total. The van der Waals surface area contributed by atoms with E-state index in [1.165, 1.54) is 0 Å². The molecule has 0 atom stereocenters. The first kappa shape index (κ1) is 10.7. The van der Waals surface area contributed by atoms with Crippen LogP contribution in [0.1, 0.15) is 24.1 Å². The zero-order valence-corrected chi connectivity index (χ0v) is 9.45. The molecule has 0 bridgehead atoms. The molecule has 0 radical (unpaired) electrons. The van der Waals surface area contributed by atoms with Crippen molar-refractivity contribution in [1.82, 2.24) is 15.1 Å². The Bertz CT molecular complexity index is 465. The average Bonchev–Trinajstić information content (AvgIpc) is 3.02. The average molecular weight is 218 g/mol. The van der Waals surface area contributed by atoms with E-state index in [2.05, 4.69) is 16.5 Å². The molecule has 1 aliphatic rings. The number of carbonyl (C=O) groups excluding carboxylic acids is 1. The molecule has 1 N–H and O–H groups in total. The van der Waals surface area contributed by atoms with Crippen LogP contribution >= 0.6 is 0 Å². The summed E-state index contributed by atoms with van der Waals surface area (Å²) in [5.74, 6) is -0.154. The van der Waals surface area contributed by atoms with E-state index in [1.807, 2.05) is 14.0 Å². The van der Waals surface area contributed by atoms with Gasteiger partial charge in [0.25, 0.3) is 0 Å². The Kier molecular flexibility index (Phi) is 2.43. The summed E-state index contributed by atoms with van der Waals surface area (Å²) in [6.07, 6.45) is 3.10. The number of carbonyl (C=O) groups is 1. The highest BCUT2D eigenvalue weighted by atomic mass is 16.2. The normalized spacial score (nSPS) is 16.6. The summed E-state index contributed by atoms with van der Waals surface area (Å²) in [5, 5.41) is 15.7. The van der Waals surface area contributed by atoms with Gasteiger partial charge < -0.3 is 5.32 Å². The van der Waals surface area contributed by atoms with Crippen molar-refractivity contribution in [1.29, 1.82) is 5.26 Å². The van der Waals surface area contributed by atoms with Crippen molar-refractivity contribution in [3.8, 4) is 6.07 Å². The van der Waals surface area contributed by atoms with E-state index in [0.717, 1.165) is 11.3 Å². The Hall–Kier alpha value is -1.83. The lowest BCUT2D eigenvalue weighted by Crippen LogP contribution is -2.30. The summed E-state index contributed by atoms with van der Waals surface area (Å²) in [6.45, 7) is 2.40. The van der Waals surface area contributed by atoms with Crippen LogP contribution in [0.5, 0.6) is 0 Å². The van der Waals surface area contributed by atoms with Crippen LogP contribution in [0.4, 0.5) is 0 Å². The van der Waals surface area contributed by atoms with E-state index < -0.39 is 5.41 Å². The zero-order valence-electron chi connectivity index (χ0n) is 9.45. The molecule has 1 heterocycles. The van der Waals surface area contributed by atoms with Crippen molar-refractivity contribution in [2.24, 2.45) is 12.5 Å². The summed E-state index contributed by atoms with van der Waals surface area (Å²) in [7, 11) is 1.86. The second kappa shape index (κ2) is 3.63. The fourth-order valence-corrected chi connectivity index (χ4v) is 1.58. The lowest BCUT2D eigenvalue weighted by molar-refractivity contribution is -0.124. The number of nitrogens with one attached hydrogen (secondary N) is 1. The number of nitriles is 1. The predicted molar refractivity (Wildman–Crippen MR) is 57.1 cm³/mol. The van der Waals surface area contributed by atoms with E-state index in [9.17, 15) is 4.79 Å². The largest absolute Gasteiger partial charge is 0.351 e. The smallest absolute Gasteiger partial charge is 0.240 e. The minimum Gasteiger partial charge on any atom is -0.351 e. The first-order valence-corrected chi connectivity index (χ1v) is 5.26. The molecule has 0 aromatic carbocycles. The molecule has 2 rings (SSSR count). The fourth-order valence-electron chi connectivity index (χ4n) is 1.58. The van der Waals surface area contributed by atoms with Crippen LogP contribution < -0.4 is 5.32 Å². The van der Waals surface area contributed by atoms with Crippen LogP contribution in [0.25, 0.3) is 0 Å². The van der Waals surface area contributed by atoms with Crippen LogP contribution in [0.3, 0.4) is 0 Å². The molecular formula is C11H14N4O. The van der Waals surface area contributed by atoms with Crippen LogP contribution in [0.15, 0.2) is 6.20 Å². The van der Waals surface area contributed by atoms with E-state index in [0.29, 0.717) is 19.4 Å². The first-order chi connectivity index (χ1) is 7.59. The van der Waals surface area contributed by atoms with Crippen molar-refractivity contribution in [3.05, 3.63) is 17.5 Å².